The molecule has 28 heavy (non-hydrogen) atoms. The van der Waals surface area contributed by atoms with E-state index in [1.165, 1.54) is 11.2 Å². The predicted octanol–water partition coefficient (Wildman–Crippen LogP) is -0.0733. The predicted molar refractivity (Wildman–Crippen MR) is 98.4 cm³/mol. The van der Waals surface area contributed by atoms with Crippen molar-refractivity contribution in [3.63, 3.8) is 0 Å². The number of amides is 1. The maximum absolute atomic E-state index is 12.3. The number of benzene rings is 1. The number of furan rings is 1. The minimum absolute atomic E-state index is 0.0725. The van der Waals surface area contributed by atoms with Crippen LogP contribution in [0.5, 0.6) is 11.5 Å². The summed E-state index contributed by atoms with van der Waals surface area (Å²) in [4.78, 5) is 15.3. The van der Waals surface area contributed by atoms with Crippen molar-refractivity contribution in [3.8, 4) is 11.5 Å². The molecule has 0 bridgehead atoms. The minimum atomic E-state index is -0.545. The maximum atomic E-state index is 12.3. The highest BCUT2D eigenvalue weighted by Gasteiger charge is 2.27. The van der Waals surface area contributed by atoms with Gasteiger partial charge < -0.3 is 33.5 Å². The summed E-state index contributed by atoms with van der Waals surface area (Å²) in [6.07, 6.45) is 0.964. The summed E-state index contributed by atoms with van der Waals surface area (Å²) in [6, 6.07) is 9.10. The van der Waals surface area contributed by atoms with Gasteiger partial charge in [0.2, 0.25) is 6.79 Å². The van der Waals surface area contributed by atoms with Gasteiger partial charge >= 0.3 is 0 Å². The van der Waals surface area contributed by atoms with E-state index < -0.39 is 6.10 Å². The molecule has 0 radical (unpaired) electrons. The SMILES string of the molecule is O=C(c1ccco1)N1CC[NH+](C[C@H](O)COCc2ccc3c(c2)OCO3)CC1. The molecule has 2 aliphatic rings. The van der Waals surface area contributed by atoms with E-state index in [0.29, 0.717) is 32.0 Å². The van der Waals surface area contributed by atoms with E-state index in [-0.39, 0.29) is 19.3 Å². The first-order valence-electron chi connectivity index (χ1n) is 9.50. The van der Waals surface area contributed by atoms with E-state index in [2.05, 4.69) is 0 Å². The Morgan fingerprint density at radius 3 is 2.82 bits per heavy atom. The summed E-state index contributed by atoms with van der Waals surface area (Å²) in [5, 5.41) is 10.3. The van der Waals surface area contributed by atoms with Crippen LogP contribution in [0.3, 0.4) is 0 Å². The molecule has 4 rings (SSSR count). The van der Waals surface area contributed by atoms with E-state index in [0.717, 1.165) is 30.2 Å². The van der Waals surface area contributed by atoms with Gasteiger partial charge in [-0.2, -0.15) is 0 Å². The van der Waals surface area contributed by atoms with Crippen LogP contribution in [0.2, 0.25) is 0 Å². The molecule has 1 fully saturated rings. The van der Waals surface area contributed by atoms with Crippen molar-refractivity contribution in [3.05, 3.63) is 47.9 Å². The van der Waals surface area contributed by atoms with Crippen LogP contribution >= 0.6 is 0 Å². The van der Waals surface area contributed by atoms with Crippen LogP contribution < -0.4 is 14.4 Å². The Labute approximate surface area is 163 Å². The molecule has 1 saturated heterocycles. The van der Waals surface area contributed by atoms with Crippen LogP contribution in [0.4, 0.5) is 0 Å². The highest BCUT2D eigenvalue weighted by molar-refractivity contribution is 5.91. The molecular weight excluding hydrogens is 364 g/mol. The third kappa shape index (κ3) is 4.46. The van der Waals surface area contributed by atoms with E-state index in [1.807, 2.05) is 18.2 Å². The molecule has 8 heteroatoms. The van der Waals surface area contributed by atoms with Crippen LogP contribution in [-0.2, 0) is 11.3 Å². The second kappa shape index (κ2) is 8.64. The molecule has 2 N–H and O–H groups in total. The second-order valence-electron chi connectivity index (χ2n) is 7.08. The molecule has 8 nitrogen and oxygen atoms in total. The fraction of sp³-hybridized carbons (Fsp3) is 0.450. The molecule has 1 atom stereocenters. The van der Waals surface area contributed by atoms with Crippen LogP contribution in [0.25, 0.3) is 0 Å². The van der Waals surface area contributed by atoms with Gasteiger partial charge in [-0.3, -0.25) is 4.79 Å². The summed E-state index contributed by atoms with van der Waals surface area (Å²) in [6.45, 7) is 4.43. The first-order chi connectivity index (χ1) is 13.7. The third-order valence-electron chi connectivity index (χ3n) is 5.03. The molecule has 2 aliphatic heterocycles. The van der Waals surface area contributed by atoms with Gasteiger partial charge in [0.25, 0.3) is 5.91 Å². The number of nitrogens with one attached hydrogen (secondary N) is 1. The van der Waals surface area contributed by atoms with Crippen LogP contribution in [-0.4, -0.2) is 68.1 Å². The van der Waals surface area contributed by atoms with Gasteiger partial charge in [-0.05, 0) is 29.8 Å². The van der Waals surface area contributed by atoms with Crippen molar-refractivity contribution in [2.24, 2.45) is 0 Å². The third-order valence-corrected chi connectivity index (χ3v) is 5.03. The molecular formula is C20H25N2O6+. The largest absolute Gasteiger partial charge is 0.459 e. The zero-order chi connectivity index (χ0) is 19.3. The Balaban J connectivity index is 1.16. The van der Waals surface area contributed by atoms with Gasteiger partial charge in [0.1, 0.15) is 12.6 Å². The number of aliphatic hydroxyl groups is 1. The fourth-order valence-electron chi connectivity index (χ4n) is 3.52. The Morgan fingerprint density at radius 1 is 1.21 bits per heavy atom. The average Bonchev–Trinajstić information content (AvgIpc) is 3.39. The Kier molecular flexibility index (Phi) is 5.80. The number of piperazine rings is 1. The van der Waals surface area contributed by atoms with Crippen LogP contribution in [0, 0.1) is 0 Å². The van der Waals surface area contributed by atoms with Crippen molar-refractivity contribution in [2.75, 3.05) is 46.1 Å². The second-order valence-corrected chi connectivity index (χ2v) is 7.08. The summed E-state index contributed by atoms with van der Waals surface area (Å²) in [5.41, 5.74) is 0.980. The molecule has 1 amide bonds. The summed E-state index contributed by atoms with van der Waals surface area (Å²) in [7, 11) is 0. The van der Waals surface area contributed by atoms with E-state index in [4.69, 9.17) is 18.6 Å². The number of hydrogen-bond acceptors (Lipinski definition) is 6. The van der Waals surface area contributed by atoms with Gasteiger partial charge in [-0.15, -0.1) is 0 Å². The van der Waals surface area contributed by atoms with E-state index in [9.17, 15) is 9.90 Å². The molecule has 150 valence electrons. The molecule has 0 spiro atoms. The zero-order valence-electron chi connectivity index (χ0n) is 15.6. The number of fused-ring (bicyclic) bond motifs is 1. The Bertz CT molecular complexity index is 786. The molecule has 3 heterocycles. The first-order valence-corrected chi connectivity index (χ1v) is 9.50. The first kappa shape index (κ1) is 18.8. The van der Waals surface area contributed by atoms with E-state index >= 15 is 0 Å². The van der Waals surface area contributed by atoms with Gasteiger partial charge in [0.05, 0.1) is 45.7 Å². The van der Waals surface area contributed by atoms with Crippen LogP contribution in [0.1, 0.15) is 16.1 Å². The lowest BCUT2D eigenvalue weighted by atomic mass is 10.2. The number of carbonyl (C=O) groups is 1. The molecule has 0 unspecified atom stereocenters. The van der Waals surface area contributed by atoms with Gasteiger partial charge in [0, 0.05) is 0 Å². The molecule has 1 aromatic carbocycles. The monoisotopic (exact) mass is 389 g/mol. The van der Waals surface area contributed by atoms with Crippen molar-refractivity contribution in [2.45, 2.75) is 12.7 Å². The quantitative estimate of drug-likeness (QED) is 0.690. The molecule has 2 aromatic rings. The van der Waals surface area contributed by atoms with E-state index in [1.54, 1.807) is 17.0 Å². The lowest BCUT2D eigenvalue weighted by molar-refractivity contribution is -0.907. The number of rotatable bonds is 7. The molecule has 1 aromatic heterocycles. The smallest absolute Gasteiger partial charge is 0.289 e. The zero-order valence-corrected chi connectivity index (χ0v) is 15.6. The summed E-state index contributed by atoms with van der Waals surface area (Å²) >= 11 is 0. The number of ether oxygens (including phenoxy) is 3. The lowest BCUT2D eigenvalue weighted by Gasteiger charge is -2.32. The van der Waals surface area contributed by atoms with Crippen molar-refractivity contribution >= 4 is 5.91 Å². The summed E-state index contributed by atoms with van der Waals surface area (Å²) < 4.78 is 21.5. The van der Waals surface area contributed by atoms with Crippen molar-refractivity contribution in [1.82, 2.24) is 4.90 Å². The highest BCUT2D eigenvalue weighted by Crippen LogP contribution is 2.32. The van der Waals surface area contributed by atoms with Gasteiger partial charge in [0.15, 0.2) is 17.3 Å². The van der Waals surface area contributed by atoms with Crippen molar-refractivity contribution in [1.29, 1.82) is 0 Å². The fourth-order valence-corrected chi connectivity index (χ4v) is 3.52. The van der Waals surface area contributed by atoms with Gasteiger partial charge in [-0.1, -0.05) is 6.07 Å². The van der Waals surface area contributed by atoms with Gasteiger partial charge in [-0.25, -0.2) is 0 Å². The normalized spacial score (nSPS) is 17.7. The number of aliphatic hydroxyl groups excluding tert-OH is 1. The van der Waals surface area contributed by atoms with Crippen molar-refractivity contribution < 1.29 is 33.4 Å². The number of quaternary nitrogens is 1. The highest BCUT2D eigenvalue weighted by atomic mass is 16.7. The molecule has 0 saturated carbocycles. The lowest BCUT2D eigenvalue weighted by Crippen LogP contribution is -3.15. The summed E-state index contributed by atoms with van der Waals surface area (Å²) in [5.74, 6) is 1.78. The number of carbonyl (C=O) groups excluding carboxylic acids is 1. The molecule has 0 aliphatic carbocycles. The Morgan fingerprint density at radius 2 is 2.04 bits per heavy atom. The number of nitrogens with zero attached hydrogens (tertiary/aromatic N) is 1. The Hall–Kier alpha value is -2.55. The minimum Gasteiger partial charge on any atom is -0.459 e. The maximum Gasteiger partial charge on any atom is 0.289 e. The standard InChI is InChI=1S/C20H24N2O6/c23-16(13-25-12-15-3-4-17-19(10-15)28-14-27-17)11-21-5-7-22(8-6-21)20(24)18-2-1-9-26-18/h1-4,9-10,16,23H,5-8,11-14H2/p+1/t16-/m0/s1. The number of hydrogen-bond donors (Lipinski definition) is 2. The average molecular weight is 389 g/mol. The van der Waals surface area contributed by atoms with Crippen LogP contribution in [0.15, 0.2) is 41.0 Å². The topological polar surface area (TPSA) is 85.8 Å².